The van der Waals surface area contributed by atoms with Gasteiger partial charge in [0.25, 0.3) is 5.56 Å². The van der Waals surface area contributed by atoms with E-state index in [1.54, 1.807) is 4.68 Å². The van der Waals surface area contributed by atoms with Crippen LogP contribution in [0.25, 0.3) is 11.3 Å². The maximum absolute atomic E-state index is 12.5. The number of unbranched alkanes of at least 4 members (excludes halogenated alkanes) is 1. The standard InChI is InChI=1S/C14H20N4OS/c1-4-5-6-18-13(19)10(7-11(17-18)9(2)3)12-8-20-14(15)16-12/h7-9H,4-6H2,1-3H3,(H2,15,16). The molecule has 0 amide bonds. The highest BCUT2D eigenvalue weighted by atomic mass is 32.1. The average Bonchev–Trinajstić information content (AvgIpc) is 2.83. The summed E-state index contributed by atoms with van der Waals surface area (Å²) >= 11 is 1.34. The molecule has 0 fully saturated rings. The second kappa shape index (κ2) is 6.17. The number of nitrogens with two attached hydrogens (primary N) is 1. The number of aromatic nitrogens is 3. The van der Waals surface area contributed by atoms with Crippen molar-refractivity contribution in [3.63, 3.8) is 0 Å². The third-order valence-electron chi connectivity index (χ3n) is 3.11. The fourth-order valence-electron chi connectivity index (χ4n) is 1.90. The van der Waals surface area contributed by atoms with Gasteiger partial charge in [-0.05, 0) is 18.4 Å². The van der Waals surface area contributed by atoms with Gasteiger partial charge in [0.2, 0.25) is 0 Å². The highest BCUT2D eigenvalue weighted by Crippen LogP contribution is 2.22. The molecule has 2 N–H and O–H groups in total. The van der Waals surface area contributed by atoms with Crippen LogP contribution in [0.15, 0.2) is 16.2 Å². The van der Waals surface area contributed by atoms with Crippen LogP contribution in [-0.4, -0.2) is 14.8 Å². The van der Waals surface area contributed by atoms with E-state index in [1.165, 1.54) is 11.3 Å². The van der Waals surface area contributed by atoms with Crippen LogP contribution >= 0.6 is 11.3 Å². The number of hydrogen-bond acceptors (Lipinski definition) is 5. The molecule has 2 aromatic rings. The topological polar surface area (TPSA) is 73.8 Å². The molecule has 0 unspecified atom stereocenters. The lowest BCUT2D eigenvalue weighted by molar-refractivity contribution is 0.527. The monoisotopic (exact) mass is 292 g/mol. The summed E-state index contributed by atoms with van der Waals surface area (Å²) in [6, 6.07) is 1.84. The summed E-state index contributed by atoms with van der Waals surface area (Å²) in [7, 11) is 0. The maximum atomic E-state index is 12.5. The molecule has 6 heteroatoms. The predicted molar refractivity (Wildman–Crippen MR) is 83.0 cm³/mol. The number of nitrogen functional groups attached to an aromatic ring is 1. The molecule has 0 saturated heterocycles. The second-order valence-electron chi connectivity index (χ2n) is 5.09. The molecule has 2 heterocycles. The Morgan fingerprint density at radius 3 is 2.75 bits per heavy atom. The summed E-state index contributed by atoms with van der Waals surface area (Å²) in [4.78, 5) is 16.7. The number of thiazole rings is 1. The van der Waals surface area contributed by atoms with Gasteiger partial charge >= 0.3 is 0 Å². The third-order valence-corrected chi connectivity index (χ3v) is 3.78. The van der Waals surface area contributed by atoms with E-state index in [1.807, 2.05) is 11.4 Å². The molecule has 0 radical (unpaired) electrons. The van der Waals surface area contributed by atoms with Crippen molar-refractivity contribution in [3.8, 4) is 11.3 Å². The number of aryl methyl sites for hydroxylation is 1. The Morgan fingerprint density at radius 1 is 1.45 bits per heavy atom. The van der Waals surface area contributed by atoms with E-state index in [0.29, 0.717) is 22.9 Å². The van der Waals surface area contributed by atoms with Crippen LogP contribution in [0.3, 0.4) is 0 Å². The van der Waals surface area contributed by atoms with Crippen molar-refractivity contribution < 1.29 is 0 Å². The van der Waals surface area contributed by atoms with E-state index < -0.39 is 0 Å². The first-order valence-corrected chi connectivity index (χ1v) is 7.74. The van der Waals surface area contributed by atoms with Crippen LogP contribution in [0.1, 0.15) is 45.2 Å². The fourth-order valence-corrected chi connectivity index (χ4v) is 2.46. The smallest absolute Gasteiger partial charge is 0.276 e. The van der Waals surface area contributed by atoms with E-state index in [-0.39, 0.29) is 11.5 Å². The van der Waals surface area contributed by atoms with E-state index in [0.717, 1.165) is 18.5 Å². The van der Waals surface area contributed by atoms with Crippen molar-refractivity contribution in [1.82, 2.24) is 14.8 Å². The molecule has 5 nitrogen and oxygen atoms in total. The Balaban J connectivity index is 2.54. The number of anilines is 1. The van der Waals surface area contributed by atoms with Crippen LogP contribution in [0, 0.1) is 0 Å². The lowest BCUT2D eigenvalue weighted by atomic mass is 10.1. The van der Waals surface area contributed by atoms with E-state index >= 15 is 0 Å². The summed E-state index contributed by atoms with van der Waals surface area (Å²) in [5.41, 5.74) is 7.72. The molecular formula is C14H20N4OS. The Bertz CT molecular complexity index is 645. The van der Waals surface area contributed by atoms with E-state index in [9.17, 15) is 4.79 Å². The SMILES string of the molecule is CCCCn1nc(C(C)C)cc(-c2csc(N)n2)c1=O. The minimum Gasteiger partial charge on any atom is -0.375 e. The van der Waals surface area contributed by atoms with Crippen LogP contribution in [0.4, 0.5) is 5.13 Å². The largest absolute Gasteiger partial charge is 0.375 e. The zero-order valence-electron chi connectivity index (χ0n) is 12.1. The molecule has 20 heavy (non-hydrogen) atoms. The van der Waals surface area contributed by atoms with E-state index in [4.69, 9.17) is 5.73 Å². The normalized spacial score (nSPS) is 11.2. The van der Waals surface area contributed by atoms with Crippen molar-refractivity contribution in [3.05, 3.63) is 27.5 Å². The molecule has 2 rings (SSSR count). The molecular weight excluding hydrogens is 272 g/mol. The summed E-state index contributed by atoms with van der Waals surface area (Å²) < 4.78 is 1.56. The van der Waals surface area contributed by atoms with Crippen LogP contribution in [0.5, 0.6) is 0 Å². The quantitative estimate of drug-likeness (QED) is 0.919. The van der Waals surface area contributed by atoms with Crippen LogP contribution in [-0.2, 0) is 6.54 Å². The molecule has 108 valence electrons. The van der Waals surface area contributed by atoms with Crippen molar-refractivity contribution >= 4 is 16.5 Å². The summed E-state index contributed by atoms with van der Waals surface area (Å²) in [5, 5.41) is 6.75. The molecule has 0 aliphatic carbocycles. The minimum absolute atomic E-state index is 0.0897. The van der Waals surface area contributed by atoms with Gasteiger partial charge in [0, 0.05) is 11.9 Å². The summed E-state index contributed by atoms with van der Waals surface area (Å²) in [5.74, 6) is 0.262. The molecule has 2 aromatic heterocycles. The molecule has 0 aliphatic heterocycles. The first kappa shape index (κ1) is 14.7. The average molecular weight is 292 g/mol. The van der Waals surface area contributed by atoms with Crippen molar-refractivity contribution in [1.29, 1.82) is 0 Å². The Morgan fingerprint density at radius 2 is 2.20 bits per heavy atom. The molecule has 0 aromatic carbocycles. The highest BCUT2D eigenvalue weighted by molar-refractivity contribution is 7.13. The third kappa shape index (κ3) is 3.07. The Hall–Kier alpha value is -1.69. The van der Waals surface area contributed by atoms with Gasteiger partial charge in [-0.1, -0.05) is 27.2 Å². The molecule has 0 spiro atoms. The predicted octanol–water partition coefficient (Wildman–Crippen LogP) is 2.87. The van der Waals surface area contributed by atoms with Gasteiger partial charge in [-0.3, -0.25) is 4.79 Å². The Kier molecular flexibility index (Phi) is 4.54. The van der Waals surface area contributed by atoms with Crippen LogP contribution in [0.2, 0.25) is 0 Å². The first-order valence-electron chi connectivity index (χ1n) is 6.86. The number of hydrogen-bond donors (Lipinski definition) is 1. The van der Waals surface area contributed by atoms with Gasteiger partial charge < -0.3 is 5.73 Å². The lowest BCUT2D eigenvalue weighted by Crippen LogP contribution is -2.26. The Labute approximate surface area is 122 Å². The summed E-state index contributed by atoms with van der Waals surface area (Å²) in [6.07, 6.45) is 1.96. The van der Waals surface area contributed by atoms with Gasteiger partial charge in [0.15, 0.2) is 5.13 Å². The lowest BCUT2D eigenvalue weighted by Gasteiger charge is -2.11. The van der Waals surface area contributed by atoms with Gasteiger partial charge in [0.05, 0.1) is 17.0 Å². The fraction of sp³-hybridized carbons (Fsp3) is 0.500. The van der Waals surface area contributed by atoms with Gasteiger partial charge in [0.1, 0.15) is 0 Å². The molecule has 0 aliphatic rings. The van der Waals surface area contributed by atoms with Gasteiger partial charge in [-0.15, -0.1) is 11.3 Å². The van der Waals surface area contributed by atoms with Gasteiger partial charge in [-0.2, -0.15) is 5.10 Å². The number of rotatable bonds is 5. The zero-order chi connectivity index (χ0) is 14.7. The zero-order valence-corrected chi connectivity index (χ0v) is 12.9. The van der Waals surface area contributed by atoms with Crippen LogP contribution < -0.4 is 11.3 Å². The molecule has 0 saturated carbocycles. The molecule has 0 atom stereocenters. The highest BCUT2D eigenvalue weighted by Gasteiger charge is 2.14. The molecule has 0 bridgehead atoms. The second-order valence-corrected chi connectivity index (χ2v) is 5.98. The number of nitrogens with zero attached hydrogens (tertiary/aromatic N) is 3. The van der Waals surface area contributed by atoms with Gasteiger partial charge in [-0.25, -0.2) is 9.67 Å². The maximum Gasteiger partial charge on any atom is 0.276 e. The first-order chi connectivity index (χ1) is 9.52. The van der Waals surface area contributed by atoms with Crippen molar-refractivity contribution in [2.45, 2.75) is 46.1 Å². The summed E-state index contributed by atoms with van der Waals surface area (Å²) in [6.45, 7) is 6.87. The van der Waals surface area contributed by atoms with Crippen molar-refractivity contribution in [2.24, 2.45) is 0 Å². The van der Waals surface area contributed by atoms with Crippen molar-refractivity contribution in [2.75, 3.05) is 5.73 Å². The van der Waals surface area contributed by atoms with E-state index in [2.05, 4.69) is 30.9 Å². The minimum atomic E-state index is -0.0897.